The Bertz CT molecular complexity index is 66.0. The zero-order chi connectivity index (χ0) is 5.70. The highest BCUT2D eigenvalue weighted by atomic mass is 127. The predicted molar refractivity (Wildman–Crippen MR) is 39.1 cm³/mol. The first-order chi connectivity index (χ1) is 3.27. The lowest BCUT2D eigenvalue weighted by atomic mass is 10.6. The van der Waals surface area contributed by atoms with Crippen LogP contribution < -0.4 is 0 Å². The maximum atomic E-state index is 9.87. The monoisotopic (exact) mass is 234 g/mol. The fourth-order valence-corrected chi connectivity index (χ4v) is 1.47. The fourth-order valence-electron chi connectivity index (χ4n) is 0.178. The number of halogens is 1. The Morgan fingerprint density at radius 1 is 1.71 bits per heavy atom. The molecule has 4 heteroatoms. The van der Waals surface area contributed by atoms with Crippen LogP contribution in [0.25, 0.3) is 0 Å². The van der Waals surface area contributed by atoms with Crippen LogP contribution in [0.3, 0.4) is 0 Å². The molecule has 2 nitrogen and oxygen atoms in total. The molecule has 0 heterocycles. The second kappa shape index (κ2) is 4.99. The molecule has 0 saturated heterocycles. The summed E-state index contributed by atoms with van der Waals surface area (Å²) in [6, 6.07) is 0. The lowest BCUT2D eigenvalue weighted by molar-refractivity contribution is 0.563. The van der Waals surface area contributed by atoms with Crippen molar-refractivity contribution >= 4 is 33.7 Å². The highest BCUT2D eigenvalue weighted by Gasteiger charge is 1.88. The normalized spacial score (nSPS) is 14.0. The molecule has 0 saturated carbocycles. The second-order valence-electron chi connectivity index (χ2n) is 1.07. The Labute approximate surface area is 59.1 Å². The van der Waals surface area contributed by atoms with Crippen LogP contribution in [0.1, 0.15) is 6.42 Å². The van der Waals surface area contributed by atoms with E-state index in [1.54, 1.807) is 0 Å². The van der Waals surface area contributed by atoms with E-state index in [0.29, 0.717) is 5.75 Å². The molecule has 0 aromatic carbocycles. The standard InChI is InChI=1S/C3H7IO2S/c4-2-1-3-7(5)6/h1-3H2,(H,5,6). The van der Waals surface area contributed by atoms with Crippen molar-refractivity contribution in [2.24, 2.45) is 0 Å². The number of rotatable bonds is 3. The molecule has 0 rings (SSSR count). The molecule has 0 amide bonds. The van der Waals surface area contributed by atoms with E-state index in [1.807, 2.05) is 0 Å². The van der Waals surface area contributed by atoms with E-state index in [2.05, 4.69) is 22.6 Å². The quantitative estimate of drug-likeness (QED) is 0.450. The summed E-state index contributed by atoms with van der Waals surface area (Å²) < 4.78 is 19.0. The molecule has 0 fully saturated rings. The van der Waals surface area contributed by atoms with Gasteiger partial charge < -0.3 is 4.55 Å². The highest BCUT2D eigenvalue weighted by molar-refractivity contribution is 14.1. The Hall–Kier alpha value is 0.840. The smallest absolute Gasteiger partial charge is 0.152 e. The van der Waals surface area contributed by atoms with Gasteiger partial charge in [0.2, 0.25) is 0 Å². The summed E-state index contributed by atoms with van der Waals surface area (Å²) in [6.45, 7) is 0. The number of alkyl halides is 1. The summed E-state index contributed by atoms with van der Waals surface area (Å²) in [5.74, 6) is 0.420. The van der Waals surface area contributed by atoms with Crippen molar-refractivity contribution in [2.75, 3.05) is 10.2 Å². The molecule has 0 aliphatic rings. The topological polar surface area (TPSA) is 37.3 Å². The van der Waals surface area contributed by atoms with Crippen LogP contribution in [-0.2, 0) is 11.1 Å². The molecular weight excluding hydrogens is 227 g/mol. The van der Waals surface area contributed by atoms with Gasteiger partial charge in [-0.05, 0) is 6.42 Å². The first kappa shape index (κ1) is 7.84. The minimum absolute atomic E-state index is 0.420. The molecule has 1 N–H and O–H groups in total. The molecule has 0 spiro atoms. The zero-order valence-corrected chi connectivity index (χ0v) is 6.74. The van der Waals surface area contributed by atoms with Crippen LogP contribution >= 0.6 is 22.6 Å². The summed E-state index contributed by atoms with van der Waals surface area (Å²) in [6.07, 6.45) is 0.837. The largest absolute Gasteiger partial charge is 0.306 e. The van der Waals surface area contributed by atoms with Crippen molar-refractivity contribution in [3.63, 3.8) is 0 Å². The van der Waals surface area contributed by atoms with Gasteiger partial charge in [0.1, 0.15) is 0 Å². The van der Waals surface area contributed by atoms with Gasteiger partial charge >= 0.3 is 0 Å². The van der Waals surface area contributed by atoms with Gasteiger partial charge in [0.15, 0.2) is 11.1 Å². The zero-order valence-electron chi connectivity index (χ0n) is 3.76. The highest BCUT2D eigenvalue weighted by Crippen LogP contribution is 1.88. The van der Waals surface area contributed by atoms with E-state index in [9.17, 15) is 4.21 Å². The van der Waals surface area contributed by atoms with E-state index in [4.69, 9.17) is 4.55 Å². The summed E-state index contributed by atoms with van der Waals surface area (Å²) in [4.78, 5) is 0. The molecule has 1 atom stereocenters. The Balaban J connectivity index is 2.82. The average molecular weight is 234 g/mol. The molecule has 0 aliphatic carbocycles. The van der Waals surface area contributed by atoms with Crippen molar-refractivity contribution in [2.45, 2.75) is 6.42 Å². The fraction of sp³-hybridized carbons (Fsp3) is 1.00. The Kier molecular flexibility index (Phi) is 5.58. The molecule has 44 valence electrons. The van der Waals surface area contributed by atoms with Crippen LogP contribution in [0.15, 0.2) is 0 Å². The maximum absolute atomic E-state index is 9.87. The number of hydrogen-bond acceptors (Lipinski definition) is 1. The lowest BCUT2D eigenvalue weighted by Crippen LogP contribution is -1.93. The van der Waals surface area contributed by atoms with Gasteiger partial charge in [-0.1, -0.05) is 22.6 Å². The van der Waals surface area contributed by atoms with Gasteiger partial charge in [0.25, 0.3) is 0 Å². The second-order valence-corrected chi connectivity index (χ2v) is 3.20. The minimum atomic E-state index is -1.57. The maximum Gasteiger partial charge on any atom is 0.152 e. The molecule has 1 unspecified atom stereocenters. The number of hydrogen-bond donors (Lipinski definition) is 1. The predicted octanol–water partition coefficient (Wildman–Crippen LogP) is 1.03. The van der Waals surface area contributed by atoms with Crippen LogP contribution in [0.4, 0.5) is 0 Å². The first-order valence-corrected chi connectivity index (χ1v) is 4.71. The van der Waals surface area contributed by atoms with Gasteiger partial charge in [0, 0.05) is 4.43 Å². The van der Waals surface area contributed by atoms with Gasteiger partial charge in [-0.15, -0.1) is 0 Å². The third kappa shape index (κ3) is 6.84. The molecule has 0 aliphatic heterocycles. The van der Waals surface area contributed by atoms with Gasteiger partial charge in [0.05, 0.1) is 5.75 Å². The summed E-state index contributed by atoms with van der Waals surface area (Å²) >= 11 is 0.605. The van der Waals surface area contributed by atoms with Crippen molar-refractivity contribution in [1.82, 2.24) is 0 Å². The van der Waals surface area contributed by atoms with Gasteiger partial charge in [-0.25, -0.2) is 4.21 Å². The van der Waals surface area contributed by atoms with E-state index in [0.717, 1.165) is 10.8 Å². The molecule has 0 aromatic heterocycles. The third-order valence-corrected chi connectivity index (χ3v) is 1.85. The molecule has 0 radical (unpaired) electrons. The van der Waals surface area contributed by atoms with Gasteiger partial charge in [-0.3, -0.25) is 0 Å². The van der Waals surface area contributed by atoms with E-state index < -0.39 is 11.1 Å². The van der Waals surface area contributed by atoms with Crippen molar-refractivity contribution < 1.29 is 8.76 Å². The molecule has 0 bridgehead atoms. The van der Waals surface area contributed by atoms with E-state index in [1.165, 1.54) is 0 Å². The Morgan fingerprint density at radius 3 is 2.43 bits per heavy atom. The van der Waals surface area contributed by atoms with Crippen LogP contribution in [0.2, 0.25) is 0 Å². The van der Waals surface area contributed by atoms with E-state index in [-0.39, 0.29) is 0 Å². The average Bonchev–Trinajstić information content (AvgIpc) is 1.61. The molecule has 7 heavy (non-hydrogen) atoms. The first-order valence-electron chi connectivity index (χ1n) is 1.91. The molecule has 0 aromatic rings. The van der Waals surface area contributed by atoms with Crippen LogP contribution in [0, 0.1) is 0 Å². The Morgan fingerprint density at radius 2 is 2.29 bits per heavy atom. The SMILES string of the molecule is O=S(O)CCCI. The van der Waals surface area contributed by atoms with Gasteiger partial charge in [-0.2, -0.15) is 0 Å². The molecular formula is C3H7IO2S. The summed E-state index contributed by atoms with van der Waals surface area (Å²) in [5, 5.41) is 0. The summed E-state index contributed by atoms with van der Waals surface area (Å²) in [5.41, 5.74) is 0. The van der Waals surface area contributed by atoms with E-state index >= 15 is 0 Å². The van der Waals surface area contributed by atoms with Crippen molar-refractivity contribution in [3.05, 3.63) is 0 Å². The third-order valence-electron chi connectivity index (χ3n) is 0.453. The van der Waals surface area contributed by atoms with Crippen molar-refractivity contribution in [1.29, 1.82) is 0 Å². The summed E-state index contributed by atoms with van der Waals surface area (Å²) in [7, 11) is 0. The minimum Gasteiger partial charge on any atom is -0.306 e. The van der Waals surface area contributed by atoms with Crippen molar-refractivity contribution in [3.8, 4) is 0 Å². The van der Waals surface area contributed by atoms with Crippen LogP contribution in [0.5, 0.6) is 0 Å². The van der Waals surface area contributed by atoms with Crippen LogP contribution in [-0.4, -0.2) is 18.9 Å². The lowest BCUT2D eigenvalue weighted by Gasteiger charge is -1.85.